The van der Waals surface area contributed by atoms with Crippen LogP contribution in [0.2, 0.25) is 0 Å². The second kappa shape index (κ2) is 17.9. The predicted molar refractivity (Wildman–Crippen MR) is 312 cm³/mol. The number of para-hydroxylation sites is 2. The fourth-order valence-corrected chi connectivity index (χ4v) is 12.1. The Hall–Kier alpha value is -9.12. The highest BCUT2D eigenvalue weighted by Crippen LogP contribution is 2.43. The minimum Gasteiger partial charge on any atom is -0.309 e. The number of hydrogen-bond acceptors (Lipinski definition) is 2. The van der Waals surface area contributed by atoms with Crippen LogP contribution in [0.25, 0.3) is 122 Å². The van der Waals surface area contributed by atoms with Crippen molar-refractivity contribution in [1.82, 2.24) is 19.1 Å². The van der Waals surface area contributed by atoms with Gasteiger partial charge in [-0.1, -0.05) is 157 Å². The van der Waals surface area contributed by atoms with Gasteiger partial charge < -0.3 is 9.13 Å². The number of aryl methyl sites for hydroxylation is 6. The lowest BCUT2D eigenvalue weighted by Crippen LogP contribution is -2.01. The summed E-state index contributed by atoms with van der Waals surface area (Å²) in [4.78, 5) is 10.7. The van der Waals surface area contributed by atoms with E-state index in [4.69, 9.17) is 9.97 Å². The summed E-state index contributed by atoms with van der Waals surface area (Å²) in [7, 11) is 0. The molecular formula is C70H54N4. The summed E-state index contributed by atoms with van der Waals surface area (Å²) in [6.07, 6.45) is 0. The Balaban J connectivity index is 1.09. The SMILES string of the molecule is Cc1cc(C)c(-c2ccc3c(c2)c2cc(-c4c(C)cc(C)cc4C)ccc2n3-c2ccc(-c3nc(-c4ccccc4)cc(-c4ccccc4)n3)cc2-c2cccc(-n3c4ccccc4c4ccccc43)c2)c(C)c1. The van der Waals surface area contributed by atoms with E-state index in [9.17, 15) is 0 Å². The van der Waals surface area contributed by atoms with E-state index in [1.54, 1.807) is 0 Å². The van der Waals surface area contributed by atoms with Gasteiger partial charge in [-0.05, 0) is 164 Å². The second-order valence-electron chi connectivity index (χ2n) is 20.2. The minimum atomic E-state index is 0.667. The van der Waals surface area contributed by atoms with Crippen molar-refractivity contribution in [3.8, 4) is 78.7 Å². The number of fused-ring (bicyclic) bond motifs is 6. The van der Waals surface area contributed by atoms with Gasteiger partial charge in [-0.25, -0.2) is 9.97 Å². The van der Waals surface area contributed by atoms with Crippen molar-refractivity contribution in [1.29, 1.82) is 0 Å². The van der Waals surface area contributed by atoms with Gasteiger partial charge in [0.1, 0.15) is 0 Å². The average molecular weight is 951 g/mol. The van der Waals surface area contributed by atoms with Crippen molar-refractivity contribution >= 4 is 43.6 Å². The smallest absolute Gasteiger partial charge is 0.160 e. The molecule has 0 fully saturated rings. The molecule has 0 amide bonds. The van der Waals surface area contributed by atoms with Gasteiger partial charge in [-0.2, -0.15) is 0 Å². The molecule has 3 aromatic heterocycles. The molecule has 354 valence electrons. The molecule has 0 aliphatic heterocycles. The fourth-order valence-electron chi connectivity index (χ4n) is 12.1. The van der Waals surface area contributed by atoms with E-state index in [0.29, 0.717) is 5.82 Å². The van der Waals surface area contributed by atoms with E-state index in [0.717, 1.165) is 61.6 Å². The summed E-state index contributed by atoms with van der Waals surface area (Å²) in [5.41, 5.74) is 26.4. The summed E-state index contributed by atoms with van der Waals surface area (Å²) in [6.45, 7) is 13.3. The lowest BCUT2D eigenvalue weighted by Gasteiger charge is -2.18. The summed E-state index contributed by atoms with van der Waals surface area (Å²) in [5.74, 6) is 0.667. The Kier molecular flexibility index (Phi) is 10.8. The van der Waals surface area contributed by atoms with Crippen molar-refractivity contribution in [3.63, 3.8) is 0 Å². The molecule has 0 atom stereocenters. The molecule has 0 radical (unpaired) electrons. The van der Waals surface area contributed by atoms with Crippen molar-refractivity contribution in [2.45, 2.75) is 41.5 Å². The maximum atomic E-state index is 5.35. The van der Waals surface area contributed by atoms with E-state index < -0.39 is 0 Å². The van der Waals surface area contributed by atoms with Gasteiger partial charge in [-0.3, -0.25) is 0 Å². The molecule has 0 unspecified atom stereocenters. The van der Waals surface area contributed by atoms with Gasteiger partial charge in [0.15, 0.2) is 5.82 Å². The average Bonchev–Trinajstić information content (AvgIpc) is 3.95. The van der Waals surface area contributed by atoms with Gasteiger partial charge in [-0.15, -0.1) is 0 Å². The van der Waals surface area contributed by atoms with Gasteiger partial charge in [0, 0.05) is 49.5 Å². The van der Waals surface area contributed by atoms with Crippen LogP contribution in [-0.2, 0) is 0 Å². The zero-order valence-electron chi connectivity index (χ0n) is 42.6. The molecule has 0 spiro atoms. The topological polar surface area (TPSA) is 35.6 Å². The van der Waals surface area contributed by atoms with Crippen LogP contribution < -0.4 is 0 Å². The van der Waals surface area contributed by atoms with E-state index in [1.807, 2.05) is 12.1 Å². The molecule has 0 saturated heterocycles. The molecule has 74 heavy (non-hydrogen) atoms. The van der Waals surface area contributed by atoms with Crippen molar-refractivity contribution in [3.05, 3.63) is 252 Å². The summed E-state index contributed by atoms with van der Waals surface area (Å²) in [6, 6.07) is 79.7. The van der Waals surface area contributed by atoms with Gasteiger partial charge in [0.2, 0.25) is 0 Å². The first kappa shape index (κ1) is 44.8. The number of nitrogens with zero attached hydrogens (tertiary/aromatic N) is 4. The summed E-state index contributed by atoms with van der Waals surface area (Å²) >= 11 is 0. The van der Waals surface area contributed by atoms with E-state index >= 15 is 0 Å². The number of hydrogen-bond donors (Lipinski definition) is 0. The van der Waals surface area contributed by atoms with Crippen LogP contribution in [0.1, 0.15) is 33.4 Å². The van der Waals surface area contributed by atoms with Gasteiger partial charge in [0.25, 0.3) is 0 Å². The van der Waals surface area contributed by atoms with Gasteiger partial charge >= 0.3 is 0 Å². The largest absolute Gasteiger partial charge is 0.309 e. The molecular weight excluding hydrogens is 897 g/mol. The fraction of sp³-hybridized carbons (Fsp3) is 0.0857. The van der Waals surface area contributed by atoms with Crippen molar-refractivity contribution in [2.24, 2.45) is 0 Å². The second-order valence-corrected chi connectivity index (χ2v) is 20.2. The van der Waals surface area contributed by atoms with Crippen molar-refractivity contribution in [2.75, 3.05) is 0 Å². The van der Waals surface area contributed by atoms with E-state index in [2.05, 4.69) is 257 Å². The van der Waals surface area contributed by atoms with Crippen LogP contribution >= 0.6 is 0 Å². The van der Waals surface area contributed by atoms with Crippen LogP contribution in [0.15, 0.2) is 218 Å². The molecule has 4 nitrogen and oxygen atoms in total. The van der Waals surface area contributed by atoms with Gasteiger partial charge in [0.05, 0.1) is 39.1 Å². The maximum absolute atomic E-state index is 5.35. The molecule has 0 N–H and O–H groups in total. The standard InChI is InChI=1S/C70H54N4/c1-43-34-45(3)68(46(4)35-43)52-28-31-66-59(39-52)60-40-53(69-47(5)36-44(2)37-48(69)6)29-32-67(60)74(66)65-33-30-54(70-71-61(49-18-9-7-10-19-49)42-62(72-70)50-20-11-8-12-21-50)41-58(65)51-22-17-23-55(38-51)73-63-26-15-13-24-56(63)57-25-14-16-27-64(57)73/h7-42H,1-6H3. The Morgan fingerprint density at radius 3 is 1.26 bits per heavy atom. The normalized spacial score (nSPS) is 11.6. The minimum absolute atomic E-state index is 0.667. The third-order valence-corrected chi connectivity index (χ3v) is 15.1. The molecule has 0 aliphatic carbocycles. The first-order valence-corrected chi connectivity index (χ1v) is 25.6. The third kappa shape index (κ3) is 7.61. The van der Waals surface area contributed by atoms with E-state index in [-0.39, 0.29) is 0 Å². The zero-order chi connectivity index (χ0) is 50.2. The van der Waals surface area contributed by atoms with Crippen LogP contribution in [0.4, 0.5) is 0 Å². The Morgan fingerprint density at radius 1 is 0.297 bits per heavy atom. The molecule has 0 aliphatic rings. The highest BCUT2D eigenvalue weighted by atomic mass is 15.0. The first-order chi connectivity index (χ1) is 36.1. The molecule has 13 aromatic rings. The first-order valence-electron chi connectivity index (χ1n) is 25.6. The number of benzene rings is 10. The van der Waals surface area contributed by atoms with Crippen LogP contribution in [0.3, 0.4) is 0 Å². The predicted octanol–water partition coefficient (Wildman–Crippen LogP) is 18.5. The highest BCUT2D eigenvalue weighted by molar-refractivity contribution is 6.13. The quantitative estimate of drug-likeness (QED) is 0.152. The van der Waals surface area contributed by atoms with Crippen molar-refractivity contribution < 1.29 is 0 Å². The molecule has 4 heteroatoms. The number of aromatic nitrogens is 4. The molecule has 0 saturated carbocycles. The Morgan fingerprint density at radius 2 is 0.743 bits per heavy atom. The third-order valence-electron chi connectivity index (χ3n) is 15.1. The highest BCUT2D eigenvalue weighted by Gasteiger charge is 2.22. The lowest BCUT2D eigenvalue weighted by molar-refractivity contribution is 1.16. The maximum Gasteiger partial charge on any atom is 0.160 e. The molecule has 13 rings (SSSR count). The summed E-state index contributed by atoms with van der Waals surface area (Å²) < 4.78 is 4.90. The lowest BCUT2D eigenvalue weighted by atomic mass is 9.91. The molecule has 0 bridgehead atoms. The number of rotatable bonds is 8. The van der Waals surface area contributed by atoms with Crippen LogP contribution in [0.5, 0.6) is 0 Å². The van der Waals surface area contributed by atoms with Crippen LogP contribution in [0, 0.1) is 41.5 Å². The molecule has 3 heterocycles. The van der Waals surface area contributed by atoms with Crippen LogP contribution in [-0.4, -0.2) is 19.1 Å². The molecule has 10 aromatic carbocycles. The van der Waals surface area contributed by atoms with E-state index in [1.165, 1.54) is 88.2 Å². The summed E-state index contributed by atoms with van der Waals surface area (Å²) in [5, 5.41) is 4.89. The zero-order valence-corrected chi connectivity index (χ0v) is 42.6. The Labute approximate surface area is 432 Å². The Bertz CT molecular complexity index is 4090. The monoisotopic (exact) mass is 950 g/mol.